The Bertz CT molecular complexity index is 652. The van der Waals surface area contributed by atoms with Gasteiger partial charge in [0.15, 0.2) is 5.82 Å². The number of anilines is 2. The molecule has 0 spiro atoms. The minimum Gasteiger partial charge on any atom is -0.379 e. The number of nitrogen functional groups attached to an aromatic ring is 1. The van der Waals surface area contributed by atoms with Crippen molar-refractivity contribution in [3.05, 3.63) is 40.8 Å². The molecule has 116 valence electrons. The lowest BCUT2D eigenvalue weighted by molar-refractivity contribution is 0.185. The molecule has 0 bridgehead atoms. The van der Waals surface area contributed by atoms with E-state index in [0.29, 0.717) is 35.7 Å². The van der Waals surface area contributed by atoms with Gasteiger partial charge >= 0.3 is 0 Å². The highest BCUT2D eigenvalue weighted by atomic mass is 35.5. The number of rotatable bonds is 4. The van der Waals surface area contributed by atoms with Crippen molar-refractivity contribution in [2.75, 3.05) is 24.3 Å². The Morgan fingerprint density at radius 3 is 2.86 bits per heavy atom. The third kappa shape index (κ3) is 3.28. The van der Waals surface area contributed by atoms with Crippen molar-refractivity contribution in [1.29, 1.82) is 0 Å². The number of hydrogen-bond donors (Lipinski definition) is 2. The first-order valence-corrected chi connectivity index (χ1v) is 7.54. The molecule has 2 atom stereocenters. The van der Waals surface area contributed by atoms with Crippen LogP contribution in [0.4, 0.5) is 11.8 Å². The molecular weight excluding hydrogens is 302 g/mol. The minimum atomic E-state index is 0.138. The second-order valence-corrected chi connectivity index (χ2v) is 5.82. The molecule has 0 amide bonds. The first-order chi connectivity index (χ1) is 10.6. The van der Waals surface area contributed by atoms with Gasteiger partial charge in [-0.2, -0.15) is 4.98 Å². The summed E-state index contributed by atoms with van der Waals surface area (Å²) in [5.41, 5.74) is 7.61. The predicted octanol–water partition coefficient (Wildman–Crippen LogP) is 2.09. The van der Waals surface area contributed by atoms with E-state index in [0.717, 1.165) is 6.42 Å². The maximum Gasteiger partial charge on any atom is 0.222 e. The lowest BCUT2D eigenvalue weighted by atomic mass is 9.95. The first kappa shape index (κ1) is 15.0. The largest absolute Gasteiger partial charge is 0.379 e. The molecular formula is C15H18ClN5O. The molecule has 7 heteroatoms. The molecule has 3 rings (SSSR count). The van der Waals surface area contributed by atoms with Crippen molar-refractivity contribution in [1.82, 2.24) is 15.0 Å². The van der Waals surface area contributed by atoms with Crippen molar-refractivity contribution in [2.24, 2.45) is 5.92 Å². The standard InChI is InChI=1S/C15H18ClN5O/c1-9-13(16)14(21-15(17)19-9)20-12-8-22-7-11(12)6-10-2-4-18-5-3-10/h2-5,11-12H,6-8H2,1H3,(H3,17,19,20,21)/t11-,12+/m1/s1. The average Bonchev–Trinajstić information content (AvgIpc) is 2.92. The molecule has 1 aliphatic heterocycles. The quantitative estimate of drug-likeness (QED) is 0.897. The number of ether oxygens (including phenoxy) is 1. The van der Waals surface area contributed by atoms with Crippen LogP contribution < -0.4 is 11.1 Å². The Kier molecular flexibility index (Phi) is 4.40. The molecule has 0 saturated carbocycles. The van der Waals surface area contributed by atoms with E-state index in [1.807, 2.05) is 19.1 Å². The normalized spacial score (nSPS) is 21.0. The summed E-state index contributed by atoms with van der Waals surface area (Å²) >= 11 is 6.26. The summed E-state index contributed by atoms with van der Waals surface area (Å²) < 4.78 is 5.62. The maximum absolute atomic E-state index is 6.26. The van der Waals surface area contributed by atoms with E-state index in [1.54, 1.807) is 12.4 Å². The van der Waals surface area contributed by atoms with Crippen LogP contribution in [0.15, 0.2) is 24.5 Å². The Hall–Kier alpha value is -1.92. The summed E-state index contributed by atoms with van der Waals surface area (Å²) in [4.78, 5) is 12.3. The number of nitrogens with one attached hydrogen (secondary N) is 1. The molecule has 0 aliphatic carbocycles. The SMILES string of the molecule is Cc1nc(N)nc(N[C@H]2COC[C@H]2Cc2ccncc2)c1Cl. The highest BCUT2D eigenvalue weighted by Gasteiger charge is 2.29. The molecule has 3 heterocycles. The predicted molar refractivity (Wildman–Crippen MR) is 85.9 cm³/mol. The minimum absolute atomic E-state index is 0.138. The van der Waals surface area contributed by atoms with Crippen molar-refractivity contribution in [2.45, 2.75) is 19.4 Å². The van der Waals surface area contributed by atoms with Gasteiger partial charge in [0.2, 0.25) is 5.95 Å². The lowest BCUT2D eigenvalue weighted by Gasteiger charge is -2.20. The average molecular weight is 320 g/mol. The molecule has 0 radical (unpaired) electrons. The van der Waals surface area contributed by atoms with E-state index in [1.165, 1.54) is 5.56 Å². The third-order valence-corrected chi connectivity index (χ3v) is 4.25. The number of nitrogens with two attached hydrogens (primary N) is 1. The van der Waals surface area contributed by atoms with Crippen LogP contribution in [0.5, 0.6) is 0 Å². The van der Waals surface area contributed by atoms with Gasteiger partial charge in [0.25, 0.3) is 0 Å². The van der Waals surface area contributed by atoms with Crippen molar-refractivity contribution in [3.63, 3.8) is 0 Å². The number of nitrogens with zero attached hydrogens (tertiary/aromatic N) is 3. The molecule has 22 heavy (non-hydrogen) atoms. The van der Waals surface area contributed by atoms with Crippen LogP contribution >= 0.6 is 11.6 Å². The smallest absolute Gasteiger partial charge is 0.222 e. The van der Waals surface area contributed by atoms with E-state index < -0.39 is 0 Å². The summed E-state index contributed by atoms with van der Waals surface area (Å²) in [7, 11) is 0. The molecule has 0 unspecified atom stereocenters. The fraction of sp³-hybridized carbons (Fsp3) is 0.400. The molecule has 1 fully saturated rings. The van der Waals surface area contributed by atoms with Crippen LogP contribution in [-0.2, 0) is 11.2 Å². The Balaban J connectivity index is 1.74. The molecule has 2 aromatic rings. The summed E-state index contributed by atoms with van der Waals surface area (Å²) in [6.07, 6.45) is 4.52. The Morgan fingerprint density at radius 1 is 1.32 bits per heavy atom. The van der Waals surface area contributed by atoms with Gasteiger partial charge < -0.3 is 15.8 Å². The number of aryl methyl sites for hydroxylation is 1. The van der Waals surface area contributed by atoms with Crippen molar-refractivity contribution >= 4 is 23.4 Å². The van der Waals surface area contributed by atoms with E-state index in [4.69, 9.17) is 22.1 Å². The molecule has 6 nitrogen and oxygen atoms in total. The van der Waals surface area contributed by atoms with Gasteiger partial charge in [-0.3, -0.25) is 4.98 Å². The van der Waals surface area contributed by atoms with Gasteiger partial charge in [-0.25, -0.2) is 4.98 Å². The van der Waals surface area contributed by atoms with Crippen LogP contribution in [0, 0.1) is 12.8 Å². The zero-order valence-electron chi connectivity index (χ0n) is 12.3. The second kappa shape index (κ2) is 6.46. The first-order valence-electron chi connectivity index (χ1n) is 7.16. The molecule has 3 N–H and O–H groups in total. The van der Waals surface area contributed by atoms with Gasteiger partial charge in [-0.05, 0) is 31.0 Å². The summed E-state index contributed by atoms with van der Waals surface area (Å²) in [6, 6.07) is 4.18. The highest BCUT2D eigenvalue weighted by Crippen LogP contribution is 2.27. The van der Waals surface area contributed by atoms with E-state index in [9.17, 15) is 0 Å². The fourth-order valence-electron chi connectivity index (χ4n) is 2.63. The molecule has 1 saturated heterocycles. The van der Waals surface area contributed by atoms with Gasteiger partial charge in [0.05, 0.1) is 24.9 Å². The molecule has 1 aliphatic rings. The summed E-state index contributed by atoms with van der Waals surface area (Å²) in [5, 5.41) is 3.86. The Morgan fingerprint density at radius 2 is 2.09 bits per heavy atom. The summed E-state index contributed by atoms with van der Waals surface area (Å²) in [5.74, 6) is 1.13. The zero-order chi connectivity index (χ0) is 15.5. The van der Waals surface area contributed by atoms with Gasteiger partial charge in [-0.15, -0.1) is 0 Å². The second-order valence-electron chi connectivity index (χ2n) is 5.44. The topological polar surface area (TPSA) is 86.0 Å². The number of hydrogen-bond acceptors (Lipinski definition) is 6. The monoisotopic (exact) mass is 319 g/mol. The molecule has 2 aromatic heterocycles. The van der Waals surface area contributed by atoms with Gasteiger partial charge in [0.1, 0.15) is 5.02 Å². The summed E-state index contributed by atoms with van der Waals surface area (Å²) in [6.45, 7) is 3.14. The fourth-order valence-corrected chi connectivity index (χ4v) is 2.77. The molecule has 0 aromatic carbocycles. The number of halogens is 1. The maximum atomic E-state index is 6.26. The third-order valence-electron chi connectivity index (χ3n) is 3.80. The van der Waals surface area contributed by atoms with Crippen LogP contribution in [0.1, 0.15) is 11.3 Å². The lowest BCUT2D eigenvalue weighted by Crippen LogP contribution is -2.30. The van der Waals surface area contributed by atoms with Crippen LogP contribution in [0.25, 0.3) is 0 Å². The zero-order valence-corrected chi connectivity index (χ0v) is 13.0. The van der Waals surface area contributed by atoms with Crippen molar-refractivity contribution in [3.8, 4) is 0 Å². The highest BCUT2D eigenvalue weighted by molar-refractivity contribution is 6.33. The van der Waals surface area contributed by atoms with Crippen LogP contribution in [-0.4, -0.2) is 34.2 Å². The van der Waals surface area contributed by atoms with Gasteiger partial charge in [-0.1, -0.05) is 11.6 Å². The Labute approximate surface area is 134 Å². The van der Waals surface area contributed by atoms with Crippen LogP contribution in [0.2, 0.25) is 5.02 Å². The number of aromatic nitrogens is 3. The van der Waals surface area contributed by atoms with E-state index >= 15 is 0 Å². The van der Waals surface area contributed by atoms with E-state index in [2.05, 4.69) is 20.3 Å². The van der Waals surface area contributed by atoms with Crippen molar-refractivity contribution < 1.29 is 4.74 Å². The van der Waals surface area contributed by atoms with Crippen LogP contribution in [0.3, 0.4) is 0 Å². The number of pyridine rings is 1. The van der Waals surface area contributed by atoms with E-state index in [-0.39, 0.29) is 12.0 Å². The van der Waals surface area contributed by atoms with Gasteiger partial charge in [0, 0.05) is 18.3 Å².